The monoisotopic (exact) mass is 333 g/mol. The van der Waals surface area contributed by atoms with Crippen LogP contribution in [0, 0.1) is 5.82 Å². The van der Waals surface area contributed by atoms with Crippen LogP contribution < -0.4 is 10.1 Å². The highest BCUT2D eigenvalue weighted by molar-refractivity contribution is 6.31. The van der Waals surface area contributed by atoms with Crippen molar-refractivity contribution in [2.24, 2.45) is 0 Å². The van der Waals surface area contributed by atoms with E-state index in [1.807, 2.05) is 24.3 Å². The predicted octanol–water partition coefficient (Wildman–Crippen LogP) is 4.15. The van der Waals surface area contributed by atoms with E-state index in [1.165, 1.54) is 12.1 Å². The Morgan fingerprint density at radius 1 is 1.22 bits per heavy atom. The maximum atomic E-state index is 13.1. The minimum Gasteiger partial charge on any atom is -0.497 e. The zero-order valence-electron chi connectivity index (χ0n) is 12.2. The molecule has 0 unspecified atom stereocenters. The molecule has 0 saturated heterocycles. The van der Waals surface area contributed by atoms with Gasteiger partial charge in [-0.15, -0.1) is 10.2 Å². The number of rotatable bonds is 5. The summed E-state index contributed by atoms with van der Waals surface area (Å²) in [5, 5.41) is 11.1. The quantitative estimate of drug-likeness (QED) is 0.760. The van der Waals surface area contributed by atoms with E-state index in [-0.39, 0.29) is 5.02 Å². The van der Waals surface area contributed by atoms with Gasteiger partial charge in [-0.1, -0.05) is 17.7 Å². The minimum absolute atomic E-state index is 0.0533. The summed E-state index contributed by atoms with van der Waals surface area (Å²) >= 11 is 5.73. The summed E-state index contributed by atoms with van der Waals surface area (Å²) in [5.74, 6) is 1.05. The van der Waals surface area contributed by atoms with E-state index in [9.17, 15) is 4.39 Å². The molecule has 0 bridgehead atoms. The van der Waals surface area contributed by atoms with Gasteiger partial charge in [0.1, 0.15) is 11.6 Å². The molecular weight excluding hydrogens is 321 g/mol. The van der Waals surface area contributed by atoms with Crippen LogP contribution in [0.25, 0.3) is 11.5 Å². The van der Waals surface area contributed by atoms with Crippen molar-refractivity contribution in [2.45, 2.75) is 6.54 Å². The number of anilines is 1. The molecule has 0 fully saturated rings. The van der Waals surface area contributed by atoms with E-state index < -0.39 is 5.82 Å². The van der Waals surface area contributed by atoms with Crippen LogP contribution in [0.1, 0.15) is 5.89 Å². The number of hydrogen-bond acceptors (Lipinski definition) is 5. The van der Waals surface area contributed by atoms with E-state index in [2.05, 4.69) is 15.5 Å². The lowest BCUT2D eigenvalue weighted by Gasteiger charge is -2.04. The Hall–Kier alpha value is -2.60. The normalized spacial score (nSPS) is 10.6. The Bertz CT molecular complexity index is 823. The topological polar surface area (TPSA) is 60.2 Å². The molecule has 7 heteroatoms. The van der Waals surface area contributed by atoms with Crippen LogP contribution in [0.2, 0.25) is 5.02 Å². The van der Waals surface area contributed by atoms with Crippen molar-refractivity contribution in [2.75, 3.05) is 12.4 Å². The largest absolute Gasteiger partial charge is 0.497 e. The van der Waals surface area contributed by atoms with Crippen LogP contribution in [-0.2, 0) is 6.54 Å². The molecule has 0 radical (unpaired) electrons. The highest BCUT2D eigenvalue weighted by atomic mass is 35.5. The number of nitrogens with one attached hydrogen (secondary N) is 1. The van der Waals surface area contributed by atoms with Gasteiger partial charge in [0.05, 0.1) is 18.7 Å². The van der Waals surface area contributed by atoms with Crippen LogP contribution in [0.5, 0.6) is 5.75 Å². The van der Waals surface area contributed by atoms with E-state index in [1.54, 1.807) is 13.2 Å². The lowest BCUT2D eigenvalue weighted by atomic mass is 10.2. The third kappa shape index (κ3) is 3.60. The van der Waals surface area contributed by atoms with Crippen molar-refractivity contribution in [3.63, 3.8) is 0 Å². The predicted molar refractivity (Wildman–Crippen MR) is 85.0 cm³/mol. The number of aromatic nitrogens is 2. The molecule has 0 saturated carbocycles. The summed E-state index contributed by atoms with van der Waals surface area (Å²) in [4.78, 5) is 0. The first-order chi connectivity index (χ1) is 11.2. The molecule has 23 heavy (non-hydrogen) atoms. The molecular formula is C16H13ClFN3O2. The van der Waals surface area contributed by atoms with Gasteiger partial charge in [0.15, 0.2) is 0 Å². The van der Waals surface area contributed by atoms with Crippen LogP contribution >= 0.6 is 11.6 Å². The van der Waals surface area contributed by atoms with Gasteiger partial charge < -0.3 is 14.5 Å². The molecule has 0 aliphatic carbocycles. The first kappa shape index (κ1) is 15.3. The van der Waals surface area contributed by atoms with Gasteiger partial charge in [-0.25, -0.2) is 4.39 Å². The van der Waals surface area contributed by atoms with Gasteiger partial charge in [-0.3, -0.25) is 0 Å². The van der Waals surface area contributed by atoms with Crippen LogP contribution in [-0.4, -0.2) is 17.3 Å². The number of methoxy groups -OCH3 is 1. The zero-order valence-corrected chi connectivity index (χ0v) is 13.0. The Kier molecular flexibility index (Phi) is 4.43. The average Bonchev–Trinajstić information content (AvgIpc) is 3.05. The van der Waals surface area contributed by atoms with E-state index in [0.29, 0.717) is 29.8 Å². The number of nitrogens with zero attached hydrogens (tertiary/aromatic N) is 2. The molecule has 118 valence electrons. The van der Waals surface area contributed by atoms with Gasteiger partial charge in [0, 0.05) is 11.3 Å². The summed E-state index contributed by atoms with van der Waals surface area (Å²) in [7, 11) is 1.59. The second-order valence-corrected chi connectivity index (χ2v) is 5.12. The standard InChI is InChI=1S/C16H13ClFN3O2/c1-22-12-4-2-3-10(7-12)16-21-20-15(23-16)9-19-11-5-6-14(18)13(17)8-11/h2-8,19H,9H2,1H3. The molecule has 3 aromatic rings. The van der Waals surface area contributed by atoms with Crippen LogP contribution in [0.4, 0.5) is 10.1 Å². The van der Waals surface area contributed by atoms with Gasteiger partial charge in [0.25, 0.3) is 0 Å². The second kappa shape index (κ2) is 6.66. The molecule has 0 atom stereocenters. The maximum Gasteiger partial charge on any atom is 0.247 e. The summed E-state index contributed by atoms with van der Waals surface area (Å²) in [5.41, 5.74) is 1.44. The fourth-order valence-corrected chi connectivity index (χ4v) is 2.16. The lowest BCUT2D eigenvalue weighted by Crippen LogP contribution is -1.99. The van der Waals surface area contributed by atoms with Crippen LogP contribution in [0.3, 0.4) is 0 Å². The zero-order chi connectivity index (χ0) is 16.2. The lowest BCUT2D eigenvalue weighted by molar-refractivity contribution is 0.414. The highest BCUT2D eigenvalue weighted by Crippen LogP contribution is 2.23. The third-order valence-corrected chi connectivity index (χ3v) is 3.44. The van der Waals surface area contributed by atoms with Gasteiger partial charge in [0.2, 0.25) is 11.8 Å². The Morgan fingerprint density at radius 2 is 2.09 bits per heavy atom. The van der Waals surface area contributed by atoms with Gasteiger partial charge in [-0.05, 0) is 36.4 Å². The molecule has 1 N–H and O–H groups in total. The Morgan fingerprint density at radius 3 is 2.87 bits per heavy atom. The Balaban J connectivity index is 1.70. The molecule has 0 amide bonds. The molecule has 5 nitrogen and oxygen atoms in total. The van der Waals surface area contributed by atoms with E-state index in [0.717, 1.165) is 5.56 Å². The molecule has 0 spiro atoms. The Labute approximate surface area is 137 Å². The smallest absolute Gasteiger partial charge is 0.247 e. The van der Waals surface area contributed by atoms with Crippen molar-refractivity contribution in [1.82, 2.24) is 10.2 Å². The van der Waals surface area contributed by atoms with Crippen molar-refractivity contribution >= 4 is 17.3 Å². The molecule has 0 aliphatic heterocycles. The summed E-state index contributed by atoms with van der Waals surface area (Å²) < 4.78 is 23.9. The van der Waals surface area contributed by atoms with Crippen molar-refractivity contribution in [3.05, 3.63) is 59.2 Å². The first-order valence-corrected chi connectivity index (χ1v) is 7.19. The molecule has 1 aromatic heterocycles. The summed E-state index contributed by atoms with van der Waals surface area (Å²) in [6, 6.07) is 11.7. The number of ether oxygens (including phenoxy) is 1. The minimum atomic E-state index is -0.463. The van der Waals surface area contributed by atoms with Gasteiger partial charge >= 0.3 is 0 Å². The van der Waals surface area contributed by atoms with Crippen molar-refractivity contribution in [1.29, 1.82) is 0 Å². The maximum absolute atomic E-state index is 13.1. The molecule has 3 rings (SSSR count). The van der Waals surface area contributed by atoms with E-state index in [4.69, 9.17) is 20.8 Å². The van der Waals surface area contributed by atoms with Crippen molar-refractivity contribution in [3.8, 4) is 17.2 Å². The van der Waals surface area contributed by atoms with Gasteiger partial charge in [-0.2, -0.15) is 0 Å². The highest BCUT2D eigenvalue weighted by Gasteiger charge is 2.09. The van der Waals surface area contributed by atoms with E-state index >= 15 is 0 Å². The summed E-state index contributed by atoms with van der Waals surface area (Å²) in [6.45, 7) is 0.304. The average molecular weight is 334 g/mol. The SMILES string of the molecule is COc1cccc(-c2nnc(CNc3ccc(F)c(Cl)c3)o2)c1. The van der Waals surface area contributed by atoms with Crippen molar-refractivity contribution < 1.29 is 13.5 Å². The third-order valence-electron chi connectivity index (χ3n) is 3.15. The fourth-order valence-electron chi connectivity index (χ4n) is 1.98. The molecule has 2 aromatic carbocycles. The fraction of sp³-hybridized carbons (Fsp3) is 0.125. The first-order valence-electron chi connectivity index (χ1n) is 6.81. The molecule has 0 aliphatic rings. The number of hydrogen-bond donors (Lipinski definition) is 1. The number of halogens is 2. The molecule has 1 heterocycles. The second-order valence-electron chi connectivity index (χ2n) is 4.72. The number of benzene rings is 2. The summed E-state index contributed by atoms with van der Waals surface area (Å²) in [6.07, 6.45) is 0. The van der Waals surface area contributed by atoms with Crippen LogP contribution in [0.15, 0.2) is 46.9 Å².